The third-order valence-corrected chi connectivity index (χ3v) is 6.70. The minimum atomic E-state index is -3.88. The van der Waals surface area contributed by atoms with E-state index in [4.69, 9.17) is 9.47 Å². The molecule has 1 aliphatic carbocycles. The molecule has 0 saturated heterocycles. The molecule has 28 heavy (non-hydrogen) atoms. The first-order valence-electron chi connectivity index (χ1n) is 10.1. The zero-order chi connectivity index (χ0) is 20.1. The van der Waals surface area contributed by atoms with Gasteiger partial charge in [0.1, 0.15) is 19.3 Å². The molecule has 1 heterocycles. The van der Waals surface area contributed by atoms with Crippen molar-refractivity contribution in [3.8, 4) is 11.5 Å². The number of ether oxygens (including phenoxy) is 2. The molecular weight excluding hydrogens is 380 g/mol. The van der Waals surface area contributed by atoms with Crippen LogP contribution in [0.3, 0.4) is 0 Å². The molecule has 0 bridgehead atoms. The van der Waals surface area contributed by atoms with Crippen LogP contribution in [0.4, 0.5) is 0 Å². The molecule has 1 saturated carbocycles. The molecule has 1 aliphatic heterocycles. The molecule has 7 nitrogen and oxygen atoms in total. The lowest BCUT2D eigenvalue weighted by molar-refractivity contribution is -0.124. The van der Waals surface area contributed by atoms with Crippen LogP contribution in [0, 0.1) is 5.92 Å². The number of carbonyl (C=O) groups excluding carboxylic acids is 1. The number of nitrogens with one attached hydrogen (secondary N) is 2. The summed E-state index contributed by atoms with van der Waals surface area (Å²) in [6.07, 6.45) is 6.48. The molecule has 0 spiro atoms. The normalized spacial score (nSPS) is 19.1. The van der Waals surface area contributed by atoms with Gasteiger partial charge in [0.2, 0.25) is 15.9 Å². The Morgan fingerprint density at radius 1 is 1.04 bits per heavy atom. The van der Waals surface area contributed by atoms with Gasteiger partial charge in [-0.05, 0) is 30.9 Å². The average Bonchev–Trinajstić information content (AvgIpc) is 2.94. The van der Waals surface area contributed by atoms with Crippen molar-refractivity contribution in [3.05, 3.63) is 18.2 Å². The molecule has 1 amide bonds. The van der Waals surface area contributed by atoms with Crippen molar-refractivity contribution in [2.75, 3.05) is 13.2 Å². The van der Waals surface area contributed by atoms with E-state index in [9.17, 15) is 13.2 Å². The Labute approximate surface area is 167 Å². The Balaban J connectivity index is 1.72. The first kappa shape index (κ1) is 20.9. The van der Waals surface area contributed by atoms with Crippen molar-refractivity contribution >= 4 is 15.9 Å². The van der Waals surface area contributed by atoms with Gasteiger partial charge in [-0.15, -0.1) is 0 Å². The van der Waals surface area contributed by atoms with Gasteiger partial charge in [0, 0.05) is 12.1 Å². The molecular formula is C20H30N2O5S. The smallest absolute Gasteiger partial charge is 0.241 e. The number of carbonyl (C=O) groups is 1. The maximum Gasteiger partial charge on any atom is 0.241 e. The Kier molecular flexibility index (Phi) is 6.82. The quantitative estimate of drug-likeness (QED) is 0.703. The van der Waals surface area contributed by atoms with Gasteiger partial charge >= 0.3 is 0 Å². The van der Waals surface area contributed by atoms with Crippen LogP contribution in [0.1, 0.15) is 52.4 Å². The Morgan fingerprint density at radius 2 is 1.68 bits per heavy atom. The Bertz CT molecular complexity index is 786. The highest BCUT2D eigenvalue weighted by atomic mass is 32.2. The number of amides is 1. The van der Waals surface area contributed by atoms with Gasteiger partial charge in [0.25, 0.3) is 0 Å². The summed E-state index contributed by atoms with van der Waals surface area (Å²) in [4.78, 5) is 12.9. The van der Waals surface area contributed by atoms with Gasteiger partial charge in [-0.3, -0.25) is 4.79 Å². The van der Waals surface area contributed by atoms with Crippen LogP contribution in [0.25, 0.3) is 0 Å². The summed E-state index contributed by atoms with van der Waals surface area (Å²) < 4.78 is 39.3. The molecule has 1 aromatic carbocycles. The molecule has 1 atom stereocenters. The van der Waals surface area contributed by atoms with E-state index in [2.05, 4.69) is 10.0 Å². The monoisotopic (exact) mass is 410 g/mol. The van der Waals surface area contributed by atoms with E-state index in [-0.39, 0.29) is 22.8 Å². The molecule has 2 N–H and O–H groups in total. The van der Waals surface area contributed by atoms with Crippen LogP contribution in [0.15, 0.2) is 23.1 Å². The first-order valence-corrected chi connectivity index (χ1v) is 11.6. The number of benzene rings is 1. The summed E-state index contributed by atoms with van der Waals surface area (Å²) in [6, 6.07) is 3.78. The van der Waals surface area contributed by atoms with E-state index in [1.54, 1.807) is 6.07 Å². The highest BCUT2D eigenvalue weighted by Crippen LogP contribution is 2.32. The number of fused-ring (bicyclic) bond motifs is 1. The van der Waals surface area contributed by atoms with Gasteiger partial charge in [-0.2, -0.15) is 4.72 Å². The van der Waals surface area contributed by atoms with Crippen molar-refractivity contribution in [2.24, 2.45) is 5.92 Å². The minimum absolute atomic E-state index is 0.0599. The Hall–Kier alpha value is -1.80. The standard InChI is InChI=1S/C20H30N2O5S/c1-14(2)19(20(23)21-15-7-5-3-4-6-8-15)22-28(24,25)16-9-10-17-18(13-16)27-12-11-26-17/h9-10,13-15,19,22H,3-8,11-12H2,1-2H3,(H,21,23). The summed E-state index contributed by atoms with van der Waals surface area (Å²) >= 11 is 0. The molecule has 156 valence electrons. The molecule has 1 aromatic rings. The number of hydrogen-bond donors (Lipinski definition) is 2. The van der Waals surface area contributed by atoms with Crippen LogP contribution < -0.4 is 19.5 Å². The van der Waals surface area contributed by atoms with Crippen LogP contribution in [0.2, 0.25) is 0 Å². The summed E-state index contributed by atoms with van der Waals surface area (Å²) in [7, 11) is -3.88. The first-order chi connectivity index (χ1) is 13.4. The number of rotatable bonds is 6. The van der Waals surface area contributed by atoms with Crippen LogP contribution in [0.5, 0.6) is 11.5 Å². The number of sulfonamides is 1. The SMILES string of the molecule is CC(C)C(NS(=O)(=O)c1ccc2c(c1)OCCO2)C(=O)NC1CCCCCC1. The van der Waals surface area contributed by atoms with E-state index in [0.29, 0.717) is 24.7 Å². The summed E-state index contributed by atoms with van der Waals surface area (Å²) in [5.41, 5.74) is 0. The van der Waals surface area contributed by atoms with Gasteiger partial charge < -0.3 is 14.8 Å². The Morgan fingerprint density at radius 3 is 2.32 bits per heavy atom. The van der Waals surface area contributed by atoms with Crippen molar-refractivity contribution in [2.45, 2.75) is 69.4 Å². The highest BCUT2D eigenvalue weighted by molar-refractivity contribution is 7.89. The maximum atomic E-state index is 12.9. The number of hydrogen-bond acceptors (Lipinski definition) is 5. The largest absolute Gasteiger partial charge is 0.486 e. The third kappa shape index (κ3) is 5.17. The highest BCUT2D eigenvalue weighted by Gasteiger charge is 2.30. The predicted molar refractivity (Wildman–Crippen MR) is 106 cm³/mol. The zero-order valence-corrected chi connectivity index (χ0v) is 17.4. The van der Waals surface area contributed by atoms with Crippen LogP contribution >= 0.6 is 0 Å². The lowest BCUT2D eigenvalue weighted by atomic mass is 10.0. The molecule has 0 radical (unpaired) electrons. The van der Waals surface area contributed by atoms with Gasteiger partial charge in [-0.25, -0.2) is 8.42 Å². The molecule has 3 rings (SSSR count). The topological polar surface area (TPSA) is 93.7 Å². The lowest BCUT2D eigenvalue weighted by Gasteiger charge is -2.25. The molecule has 2 aliphatic rings. The van der Waals surface area contributed by atoms with E-state index >= 15 is 0 Å². The van der Waals surface area contributed by atoms with E-state index in [1.165, 1.54) is 25.0 Å². The maximum absolute atomic E-state index is 12.9. The molecule has 0 aromatic heterocycles. The van der Waals surface area contributed by atoms with E-state index in [1.807, 2.05) is 13.8 Å². The van der Waals surface area contributed by atoms with Gasteiger partial charge in [0.15, 0.2) is 11.5 Å². The van der Waals surface area contributed by atoms with Crippen molar-refractivity contribution in [1.29, 1.82) is 0 Å². The van der Waals surface area contributed by atoms with Gasteiger partial charge in [0.05, 0.1) is 4.90 Å². The predicted octanol–water partition coefficient (Wildman–Crippen LogP) is 2.60. The fraction of sp³-hybridized carbons (Fsp3) is 0.650. The third-order valence-electron chi connectivity index (χ3n) is 5.26. The second-order valence-corrected chi connectivity index (χ2v) is 9.56. The zero-order valence-electron chi connectivity index (χ0n) is 16.6. The average molecular weight is 411 g/mol. The molecule has 8 heteroatoms. The summed E-state index contributed by atoms with van der Waals surface area (Å²) in [5, 5.41) is 3.05. The summed E-state index contributed by atoms with van der Waals surface area (Å²) in [5.74, 6) is 0.482. The second kappa shape index (κ2) is 9.13. The second-order valence-electron chi connectivity index (χ2n) is 7.85. The summed E-state index contributed by atoms with van der Waals surface area (Å²) in [6.45, 7) is 4.49. The van der Waals surface area contributed by atoms with Crippen LogP contribution in [-0.4, -0.2) is 39.6 Å². The lowest BCUT2D eigenvalue weighted by Crippen LogP contribution is -2.51. The fourth-order valence-corrected chi connectivity index (χ4v) is 4.99. The van der Waals surface area contributed by atoms with Crippen molar-refractivity contribution in [1.82, 2.24) is 10.0 Å². The van der Waals surface area contributed by atoms with Gasteiger partial charge in [-0.1, -0.05) is 39.5 Å². The molecule has 1 unspecified atom stereocenters. The van der Waals surface area contributed by atoms with E-state index < -0.39 is 16.1 Å². The van der Waals surface area contributed by atoms with Crippen molar-refractivity contribution in [3.63, 3.8) is 0 Å². The van der Waals surface area contributed by atoms with E-state index in [0.717, 1.165) is 25.7 Å². The molecule has 1 fully saturated rings. The fourth-order valence-electron chi connectivity index (χ4n) is 3.63. The minimum Gasteiger partial charge on any atom is -0.486 e. The van der Waals surface area contributed by atoms with Crippen LogP contribution in [-0.2, 0) is 14.8 Å². The van der Waals surface area contributed by atoms with Crippen molar-refractivity contribution < 1.29 is 22.7 Å².